The normalized spacial score (nSPS) is 10.1. The Hall–Kier alpha value is -2.47. The number of amides is 1. The lowest BCUT2D eigenvalue weighted by Gasteiger charge is -2.06. The van der Waals surface area contributed by atoms with Crippen molar-refractivity contribution in [2.75, 3.05) is 5.32 Å². The summed E-state index contributed by atoms with van der Waals surface area (Å²) in [6, 6.07) is 6.48. The van der Waals surface area contributed by atoms with Crippen LogP contribution in [0.4, 0.5) is 10.2 Å². The van der Waals surface area contributed by atoms with Crippen LogP contribution in [0.25, 0.3) is 0 Å². The summed E-state index contributed by atoms with van der Waals surface area (Å²) in [6.07, 6.45) is 1.10. The first-order chi connectivity index (χ1) is 9.49. The van der Waals surface area contributed by atoms with Gasteiger partial charge in [-0.15, -0.1) is 0 Å². The Kier molecular flexibility index (Phi) is 3.95. The third-order valence-electron chi connectivity index (χ3n) is 2.45. The molecule has 2 aromatic rings. The highest BCUT2D eigenvalue weighted by molar-refractivity contribution is 6.34. The van der Waals surface area contributed by atoms with Crippen molar-refractivity contribution in [3.8, 4) is 0 Å². The number of halogens is 2. The van der Waals surface area contributed by atoms with E-state index in [1.165, 1.54) is 24.3 Å². The van der Waals surface area contributed by atoms with Crippen molar-refractivity contribution in [2.24, 2.45) is 0 Å². The number of nitrogens with zero attached hydrogens (tertiary/aromatic N) is 1. The van der Waals surface area contributed by atoms with E-state index in [2.05, 4.69) is 10.3 Å². The van der Waals surface area contributed by atoms with E-state index in [1.54, 1.807) is 0 Å². The molecule has 0 aliphatic carbocycles. The molecule has 0 spiro atoms. The molecule has 1 amide bonds. The fourth-order valence-corrected chi connectivity index (χ4v) is 1.67. The van der Waals surface area contributed by atoms with Crippen LogP contribution in [-0.4, -0.2) is 22.0 Å². The fourth-order valence-electron chi connectivity index (χ4n) is 1.46. The quantitative estimate of drug-likeness (QED) is 0.912. The van der Waals surface area contributed by atoms with E-state index in [0.29, 0.717) is 0 Å². The summed E-state index contributed by atoms with van der Waals surface area (Å²) in [6.45, 7) is 0. The van der Waals surface area contributed by atoms with E-state index in [9.17, 15) is 14.0 Å². The van der Waals surface area contributed by atoms with Crippen LogP contribution < -0.4 is 5.32 Å². The van der Waals surface area contributed by atoms with E-state index in [1.807, 2.05) is 0 Å². The number of anilines is 1. The molecule has 0 fully saturated rings. The van der Waals surface area contributed by atoms with Gasteiger partial charge in [-0.05, 0) is 24.3 Å². The Morgan fingerprint density at radius 1 is 1.25 bits per heavy atom. The van der Waals surface area contributed by atoms with E-state index >= 15 is 0 Å². The monoisotopic (exact) mass is 294 g/mol. The van der Waals surface area contributed by atoms with E-state index in [-0.39, 0.29) is 22.0 Å². The molecule has 1 heterocycles. The number of pyridine rings is 1. The summed E-state index contributed by atoms with van der Waals surface area (Å²) < 4.78 is 13.2. The van der Waals surface area contributed by atoms with Gasteiger partial charge in [0.05, 0.1) is 16.1 Å². The van der Waals surface area contributed by atoms with Crippen molar-refractivity contribution in [1.82, 2.24) is 4.98 Å². The Morgan fingerprint density at radius 3 is 2.60 bits per heavy atom. The standard InChI is InChI=1S/C13H8ClFN2O3/c14-11-8(2-1-3-9(11)15)12(18)17-10-5-4-7(6-16-10)13(19)20/h1-6H,(H,19,20)(H,16,17,18). The summed E-state index contributed by atoms with van der Waals surface area (Å²) in [5.74, 6) is -2.32. The average Bonchev–Trinajstić information content (AvgIpc) is 2.42. The minimum atomic E-state index is -1.12. The molecule has 5 nitrogen and oxygen atoms in total. The fraction of sp³-hybridized carbons (Fsp3) is 0. The highest BCUT2D eigenvalue weighted by atomic mass is 35.5. The number of benzene rings is 1. The van der Waals surface area contributed by atoms with Gasteiger partial charge in [0, 0.05) is 6.20 Å². The summed E-state index contributed by atoms with van der Waals surface area (Å²) in [5.41, 5.74) is -0.0393. The van der Waals surface area contributed by atoms with Crippen LogP contribution in [0.2, 0.25) is 5.02 Å². The third-order valence-corrected chi connectivity index (χ3v) is 2.83. The van der Waals surface area contributed by atoms with Crippen LogP contribution in [-0.2, 0) is 0 Å². The van der Waals surface area contributed by atoms with E-state index in [4.69, 9.17) is 16.7 Å². The van der Waals surface area contributed by atoms with Gasteiger partial charge in [-0.1, -0.05) is 17.7 Å². The maximum atomic E-state index is 13.2. The predicted molar refractivity (Wildman–Crippen MR) is 70.6 cm³/mol. The zero-order valence-corrected chi connectivity index (χ0v) is 10.7. The van der Waals surface area contributed by atoms with Crippen molar-refractivity contribution in [2.45, 2.75) is 0 Å². The van der Waals surface area contributed by atoms with Crippen LogP contribution in [0.5, 0.6) is 0 Å². The smallest absolute Gasteiger partial charge is 0.337 e. The molecular formula is C13H8ClFN2O3. The number of carboxylic acid groups (broad SMARTS) is 1. The molecule has 2 rings (SSSR count). The number of carbonyl (C=O) groups is 2. The molecule has 1 aromatic heterocycles. The van der Waals surface area contributed by atoms with Crippen LogP contribution in [0, 0.1) is 5.82 Å². The summed E-state index contributed by atoms with van der Waals surface area (Å²) in [5, 5.41) is 10.8. The third kappa shape index (κ3) is 2.92. The predicted octanol–water partition coefficient (Wildman–Crippen LogP) is 2.82. The summed E-state index contributed by atoms with van der Waals surface area (Å²) in [4.78, 5) is 26.3. The maximum Gasteiger partial charge on any atom is 0.337 e. The highest BCUT2D eigenvalue weighted by Crippen LogP contribution is 2.20. The minimum Gasteiger partial charge on any atom is -0.478 e. The number of carboxylic acids is 1. The molecule has 0 saturated heterocycles. The molecule has 0 atom stereocenters. The number of carbonyl (C=O) groups excluding carboxylic acids is 1. The van der Waals surface area contributed by atoms with Gasteiger partial charge < -0.3 is 10.4 Å². The van der Waals surface area contributed by atoms with Gasteiger partial charge in [0.2, 0.25) is 0 Å². The first kappa shape index (κ1) is 14.0. The van der Waals surface area contributed by atoms with Gasteiger partial charge >= 0.3 is 5.97 Å². The molecule has 102 valence electrons. The Bertz CT molecular complexity index is 674. The minimum absolute atomic E-state index is 0.00760. The molecule has 2 N–H and O–H groups in total. The molecule has 0 aliphatic heterocycles. The van der Waals surface area contributed by atoms with Gasteiger partial charge in [0.25, 0.3) is 5.91 Å². The molecule has 0 saturated carbocycles. The molecule has 0 radical (unpaired) electrons. The Labute approximate surface area is 118 Å². The highest BCUT2D eigenvalue weighted by Gasteiger charge is 2.14. The molecule has 0 bridgehead atoms. The topological polar surface area (TPSA) is 79.3 Å². The van der Waals surface area contributed by atoms with Gasteiger partial charge in [-0.2, -0.15) is 0 Å². The van der Waals surface area contributed by atoms with Crippen molar-refractivity contribution in [3.63, 3.8) is 0 Å². The van der Waals surface area contributed by atoms with Crippen LogP contribution in [0.1, 0.15) is 20.7 Å². The second-order valence-corrected chi connectivity index (χ2v) is 4.17. The zero-order valence-electron chi connectivity index (χ0n) is 9.93. The van der Waals surface area contributed by atoms with Crippen molar-refractivity contribution in [3.05, 3.63) is 58.5 Å². The summed E-state index contributed by atoms with van der Waals surface area (Å²) >= 11 is 5.69. The summed E-state index contributed by atoms with van der Waals surface area (Å²) in [7, 11) is 0. The lowest BCUT2D eigenvalue weighted by atomic mass is 10.2. The SMILES string of the molecule is O=C(O)c1ccc(NC(=O)c2cccc(F)c2Cl)nc1. The molecule has 20 heavy (non-hydrogen) atoms. The molecular weight excluding hydrogens is 287 g/mol. The lowest BCUT2D eigenvalue weighted by Crippen LogP contribution is -2.14. The number of aromatic carboxylic acids is 1. The second kappa shape index (κ2) is 5.66. The maximum absolute atomic E-state index is 13.2. The average molecular weight is 295 g/mol. The number of aromatic nitrogens is 1. The van der Waals surface area contributed by atoms with Gasteiger partial charge in [0.1, 0.15) is 11.6 Å². The lowest BCUT2D eigenvalue weighted by molar-refractivity contribution is 0.0696. The number of rotatable bonds is 3. The number of hydrogen-bond donors (Lipinski definition) is 2. The van der Waals surface area contributed by atoms with Crippen LogP contribution in [0.15, 0.2) is 36.5 Å². The van der Waals surface area contributed by atoms with Crippen molar-refractivity contribution < 1.29 is 19.1 Å². The first-order valence-electron chi connectivity index (χ1n) is 5.44. The van der Waals surface area contributed by atoms with Gasteiger partial charge in [-0.25, -0.2) is 14.2 Å². The Morgan fingerprint density at radius 2 is 2.00 bits per heavy atom. The molecule has 1 aromatic carbocycles. The Balaban J connectivity index is 2.19. The van der Waals surface area contributed by atoms with Gasteiger partial charge in [-0.3, -0.25) is 4.79 Å². The van der Waals surface area contributed by atoms with Crippen LogP contribution >= 0.6 is 11.6 Å². The van der Waals surface area contributed by atoms with Crippen LogP contribution in [0.3, 0.4) is 0 Å². The second-order valence-electron chi connectivity index (χ2n) is 3.79. The van der Waals surface area contributed by atoms with Crippen molar-refractivity contribution >= 4 is 29.3 Å². The molecule has 0 aliphatic rings. The van der Waals surface area contributed by atoms with Crippen molar-refractivity contribution in [1.29, 1.82) is 0 Å². The first-order valence-corrected chi connectivity index (χ1v) is 5.81. The zero-order chi connectivity index (χ0) is 14.7. The van der Waals surface area contributed by atoms with Gasteiger partial charge in [0.15, 0.2) is 0 Å². The molecule has 7 heteroatoms. The van der Waals surface area contributed by atoms with E-state index in [0.717, 1.165) is 12.3 Å². The number of hydrogen-bond acceptors (Lipinski definition) is 3. The largest absolute Gasteiger partial charge is 0.478 e. The molecule has 0 unspecified atom stereocenters. The number of nitrogens with one attached hydrogen (secondary N) is 1. The van der Waals surface area contributed by atoms with E-state index < -0.39 is 17.7 Å².